The van der Waals surface area contributed by atoms with Crippen molar-refractivity contribution in [3.63, 3.8) is 0 Å². The Kier molecular flexibility index (Phi) is 6.03. The van der Waals surface area contributed by atoms with E-state index in [0.29, 0.717) is 17.8 Å². The molecular formula is C16H29NO3. The molecular weight excluding hydrogens is 254 g/mol. The van der Waals surface area contributed by atoms with Gasteiger partial charge in [0.2, 0.25) is 5.91 Å². The number of aliphatic carboxylic acids is 1. The average Bonchev–Trinajstić information content (AvgIpc) is 2.51. The zero-order valence-electron chi connectivity index (χ0n) is 13.3. The number of nitrogens with zero attached hydrogens (tertiary/aromatic N) is 1. The summed E-state index contributed by atoms with van der Waals surface area (Å²) in [6, 6.07) is 0. The van der Waals surface area contributed by atoms with Crippen LogP contribution in [0, 0.1) is 17.3 Å². The van der Waals surface area contributed by atoms with Crippen molar-refractivity contribution in [1.82, 2.24) is 4.90 Å². The SMILES string of the molecule is CC(CC(=O)O)CC(=O)N1CCCC(C(C)(C)C)CC1. The molecule has 4 nitrogen and oxygen atoms in total. The summed E-state index contributed by atoms with van der Waals surface area (Å²) < 4.78 is 0. The van der Waals surface area contributed by atoms with Gasteiger partial charge in [-0.05, 0) is 36.5 Å². The Hall–Kier alpha value is -1.06. The average molecular weight is 283 g/mol. The molecule has 0 aromatic carbocycles. The molecule has 20 heavy (non-hydrogen) atoms. The Balaban J connectivity index is 2.48. The summed E-state index contributed by atoms with van der Waals surface area (Å²) in [6.07, 6.45) is 3.72. The van der Waals surface area contributed by atoms with Crippen LogP contribution in [0.1, 0.15) is 59.8 Å². The molecule has 0 bridgehead atoms. The lowest BCUT2D eigenvalue weighted by Crippen LogP contribution is -2.33. The van der Waals surface area contributed by atoms with Gasteiger partial charge in [0.1, 0.15) is 0 Å². The van der Waals surface area contributed by atoms with E-state index in [1.165, 1.54) is 6.42 Å². The monoisotopic (exact) mass is 283 g/mol. The summed E-state index contributed by atoms with van der Waals surface area (Å²) in [7, 11) is 0. The van der Waals surface area contributed by atoms with E-state index in [4.69, 9.17) is 5.11 Å². The number of carboxylic acid groups (broad SMARTS) is 1. The van der Waals surface area contributed by atoms with E-state index in [9.17, 15) is 9.59 Å². The van der Waals surface area contributed by atoms with Crippen LogP contribution in [0.25, 0.3) is 0 Å². The molecule has 1 fully saturated rings. The highest BCUT2D eigenvalue weighted by atomic mass is 16.4. The Morgan fingerprint density at radius 2 is 1.85 bits per heavy atom. The minimum Gasteiger partial charge on any atom is -0.481 e. The molecule has 1 heterocycles. The number of likely N-dealkylation sites (tertiary alicyclic amines) is 1. The predicted octanol–water partition coefficient (Wildman–Crippen LogP) is 3.16. The molecule has 2 unspecified atom stereocenters. The maximum absolute atomic E-state index is 12.2. The maximum atomic E-state index is 12.2. The fourth-order valence-electron chi connectivity index (χ4n) is 3.01. The zero-order valence-corrected chi connectivity index (χ0v) is 13.3. The molecule has 4 heteroatoms. The number of carbonyl (C=O) groups is 2. The van der Waals surface area contributed by atoms with Crippen LogP contribution in [0.3, 0.4) is 0 Å². The molecule has 0 aromatic rings. The van der Waals surface area contributed by atoms with Gasteiger partial charge in [-0.1, -0.05) is 27.7 Å². The molecule has 0 aromatic heterocycles. The Labute approximate surface area is 122 Å². The molecule has 1 N–H and O–H groups in total. The third kappa shape index (κ3) is 5.51. The van der Waals surface area contributed by atoms with Crippen molar-refractivity contribution in [2.75, 3.05) is 13.1 Å². The highest BCUT2D eigenvalue weighted by Gasteiger charge is 2.28. The summed E-state index contributed by atoms with van der Waals surface area (Å²) in [4.78, 5) is 24.8. The molecule has 1 aliphatic rings. The lowest BCUT2D eigenvalue weighted by atomic mass is 9.77. The molecule has 0 aliphatic carbocycles. The molecule has 0 saturated carbocycles. The molecule has 1 saturated heterocycles. The first-order chi connectivity index (χ1) is 9.20. The molecule has 116 valence electrons. The van der Waals surface area contributed by atoms with E-state index in [1.807, 2.05) is 11.8 Å². The van der Waals surface area contributed by atoms with Gasteiger partial charge < -0.3 is 10.0 Å². The minimum absolute atomic E-state index is 0.0736. The van der Waals surface area contributed by atoms with Crippen molar-refractivity contribution in [2.24, 2.45) is 17.3 Å². The molecule has 1 rings (SSSR count). The van der Waals surface area contributed by atoms with E-state index < -0.39 is 5.97 Å². The first-order valence-electron chi connectivity index (χ1n) is 7.69. The summed E-state index contributed by atoms with van der Waals surface area (Å²) in [5.41, 5.74) is 0.301. The smallest absolute Gasteiger partial charge is 0.303 e. The Bertz CT molecular complexity index is 346. The summed E-state index contributed by atoms with van der Waals surface area (Å²) in [5, 5.41) is 8.75. The van der Waals surface area contributed by atoms with Crippen LogP contribution in [0.5, 0.6) is 0 Å². The van der Waals surface area contributed by atoms with Gasteiger partial charge in [-0.15, -0.1) is 0 Å². The van der Waals surface area contributed by atoms with Gasteiger partial charge in [-0.25, -0.2) is 0 Å². The van der Waals surface area contributed by atoms with Crippen LogP contribution in [0.15, 0.2) is 0 Å². The molecule has 1 amide bonds. The normalized spacial score (nSPS) is 22.2. The number of carboxylic acids is 1. The quantitative estimate of drug-likeness (QED) is 0.862. The Morgan fingerprint density at radius 1 is 1.20 bits per heavy atom. The number of amides is 1. The molecule has 1 aliphatic heterocycles. The van der Waals surface area contributed by atoms with Crippen molar-refractivity contribution in [3.05, 3.63) is 0 Å². The van der Waals surface area contributed by atoms with E-state index in [2.05, 4.69) is 20.8 Å². The minimum atomic E-state index is -0.825. The van der Waals surface area contributed by atoms with Crippen LogP contribution < -0.4 is 0 Å². The second-order valence-corrected chi connectivity index (χ2v) is 7.28. The molecule has 0 spiro atoms. The van der Waals surface area contributed by atoms with E-state index in [1.54, 1.807) is 0 Å². The lowest BCUT2D eigenvalue weighted by Gasteiger charge is -2.29. The van der Waals surface area contributed by atoms with Crippen molar-refractivity contribution < 1.29 is 14.7 Å². The van der Waals surface area contributed by atoms with Gasteiger partial charge in [0.15, 0.2) is 0 Å². The first kappa shape index (κ1) is 17.0. The Morgan fingerprint density at radius 3 is 2.40 bits per heavy atom. The largest absolute Gasteiger partial charge is 0.481 e. The standard InChI is InChI=1S/C16H29NO3/c1-12(11-15(19)20)10-14(18)17-8-5-6-13(7-9-17)16(2,3)4/h12-13H,5-11H2,1-4H3,(H,19,20). The van der Waals surface area contributed by atoms with Crippen LogP contribution in [-0.2, 0) is 9.59 Å². The predicted molar refractivity (Wildman–Crippen MR) is 79.4 cm³/mol. The first-order valence-corrected chi connectivity index (χ1v) is 7.69. The topological polar surface area (TPSA) is 57.6 Å². The number of carbonyl (C=O) groups excluding carboxylic acids is 1. The number of hydrogen-bond acceptors (Lipinski definition) is 2. The van der Waals surface area contributed by atoms with E-state index in [-0.39, 0.29) is 18.2 Å². The fraction of sp³-hybridized carbons (Fsp3) is 0.875. The number of hydrogen-bond donors (Lipinski definition) is 1. The summed E-state index contributed by atoms with van der Waals surface area (Å²) in [5.74, 6) is -0.124. The summed E-state index contributed by atoms with van der Waals surface area (Å²) >= 11 is 0. The molecule has 2 atom stereocenters. The van der Waals surface area contributed by atoms with E-state index in [0.717, 1.165) is 25.9 Å². The maximum Gasteiger partial charge on any atom is 0.303 e. The third-order valence-electron chi connectivity index (χ3n) is 4.35. The van der Waals surface area contributed by atoms with Gasteiger partial charge in [-0.3, -0.25) is 9.59 Å². The van der Waals surface area contributed by atoms with Crippen molar-refractivity contribution in [1.29, 1.82) is 0 Å². The van der Waals surface area contributed by atoms with Crippen LogP contribution in [0.2, 0.25) is 0 Å². The molecule has 0 radical (unpaired) electrons. The highest BCUT2D eigenvalue weighted by molar-refractivity contribution is 5.77. The van der Waals surface area contributed by atoms with E-state index >= 15 is 0 Å². The fourth-order valence-corrected chi connectivity index (χ4v) is 3.01. The van der Waals surface area contributed by atoms with Crippen LogP contribution in [-0.4, -0.2) is 35.0 Å². The third-order valence-corrected chi connectivity index (χ3v) is 4.35. The van der Waals surface area contributed by atoms with Gasteiger partial charge in [-0.2, -0.15) is 0 Å². The second kappa shape index (κ2) is 7.09. The van der Waals surface area contributed by atoms with Gasteiger partial charge in [0.25, 0.3) is 0 Å². The zero-order chi connectivity index (χ0) is 15.3. The van der Waals surface area contributed by atoms with Crippen molar-refractivity contribution in [3.8, 4) is 0 Å². The van der Waals surface area contributed by atoms with Gasteiger partial charge in [0.05, 0.1) is 0 Å². The second-order valence-electron chi connectivity index (χ2n) is 7.28. The van der Waals surface area contributed by atoms with Gasteiger partial charge in [0, 0.05) is 25.9 Å². The lowest BCUT2D eigenvalue weighted by molar-refractivity contribution is -0.138. The highest BCUT2D eigenvalue weighted by Crippen LogP contribution is 2.34. The van der Waals surface area contributed by atoms with Crippen LogP contribution in [0.4, 0.5) is 0 Å². The van der Waals surface area contributed by atoms with Crippen LogP contribution >= 0.6 is 0 Å². The van der Waals surface area contributed by atoms with Gasteiger partial charge >= 0.3 is 5.97 Å². The summed E-state index contributed by atoms with van der Waals surface area (Å²) in [6.45, 7) is 10.3. The number of rotatable bonds is 4. The van der Waals surface area contributed by atoms with Crippen molar-refractivity contribution >= 4 is 11.9 Å². The van der Waals surface area contributed by atoms with Crippen molar-refractivity contribution in [2.45, 2.75) is 59.8 Å².